The fourth-order valence-corrected chi connectivity index (χ4v) is 5.56. The lowest BCUT2D eigenvalue weighted by Gasteiger charge is -2.19. The molecule has 0 aliphatic carbocycles. The summed E-state index contributed by atoms with van der Waals surface area (Å²) >= 11 is 0. The second kappa shape index (κ2) is 11.2. The van der Waals surface area contributed by atoms with E-state index in [1.54, 1.807) is 0 Å². The van der Waals surface area contributed by atoms with E-state index in [2.05, 4.69) is 168 Å². The molecule has 0 atom stereocenters. The van der Waals surface area contributed by atoms with Gasteiger partial charge in [-0.1, -0.05) is 151 Å². The van der Waals surface area contributed by atoms with Gasteiger partial charge < -0.3 is 4.98 Å². The molecular weight excluding hydrogens is 520 g/mol. The predicted molar refractivity (Wildman–Crippen MR) is 184 cm³/mol. The molecule has 0 saturated heterocycles. The maximum atomic E-state index is 5.18. The largest absolute Gasteiger partial charge is 0.354 e. The Morgan fingerprint density at radius 1 is 0.558 bits per heavy atom. The van der Waals surface area contributed by atoms with Gasteiger partial charge in [0.25, 0.3) is 0 Å². The summed E-state index contributed by atoms with van der Waals surface area (Å²) in [5.74, 6) is 0. The molecule has 2 heterocycles. The number of nitrogens with zero attached hydrogens (tertiary/aromatic N) is 1. The van der Waals surface area contributed by atoms with E-state index >= 15 is 0 Å². The molecule has 0 radical (unpaired) electrons. The van der Waals surface area contributed by atoms with Gasteiger partial charge in [0.05, 0.1) is 11.4 Å². The smallest absolute Gasteiger partial charge is 0.0737 e. The third-order valence-electron chi connectivity index (χ3n) is 8.21. The molecule has 0 spiro atoms. The highest BCUT2D eigenvalue weighted by Crippen LogP contribution is 2.37. The van der Waals surface area contributed by atoms with Crippen molar-refractivity contribution >= 4 is 17.4 Å². The summed E-state index contributed by atoms with van der Waals surface area (Å²) in [4.78, 5) is 8.96. The number of hydrogen-bond acceptors (Lipinski definition) is 1. The lowest BCUT2D eigenvalue weighted by atomic mass is 9.86. The van der Waals surface area contributed by atoms with Crippen LogP contribution >= 0.6 is 0 Å². The van der Waals surface area contributed by atoms with E-state index in [-0.39, 0.29) is 10.8 Å². The number of benzene rings is 4. The summed E-state index contributed by atoms with van der Waals surface area (Å²) < 4.78 is 0. The van der Waals surface area contributed by atoms with Crippen LogP contribution in [0.3, 0.4) is 0 Å². The van der Waals surface area contributed by atoms with Gasteiger partial charge in [-0.2, -0.15) is 0 Å². The van der Waals surface area contributed by atoms with Crippen LogP contribution in [-0.2, 0) is 10.8 Å². The lowest BCUT2D eigenvalue weighted by Crippen LogP contribution is -2.10. The van der Waals surface area contributed by atoms with E-state index in [0.29, 0.717) is 0 Å². The highest BCUT2D eigenvalue weighted by atomic mass is 14.8. The van der Waals surface area contributed by atoms with E-state index in [9.17, 15) is 0 Å². The van der Waals surface area contributed by atoms with Crippen molar-refractivity contribution in [1.82, 2.24) is 4.98 Å². The molecule has 0 amide bonds. The number of aromatic amines is 1. The van der Waals surface area contributed by atoms with Crippen molar-refractivity contribution in [2.24, 2.45) is 4.99 Å². The number of aliphatic imine (C=N–C) groups is 1. The summed E-state index contributed by atoms with van der Waals surface area (Å²) in [5, 5.41) is 0. The molecule has 5 aromatic rings. The fraction of sp³-hybridized carbons (Fsp3) is 0.195. The van der Waals surface area contributed by atoms with Crippen molar-refractivity contribution in [2.45, 2.75) is 52.4 Å². The molecule has 2 nitrogen and oxygen atoms in total. The van der Waals surface area contributed by atoms with E-state index in [1.165, 1.54) is 27.8 Å². The standard InChI is InChI=1S/C41H40N2/c1-40(2,3)32-21-17-29(18-22-32)35-26-37(31-19-23-33(24-20-31)41(4,5)6)43-39(35)27-38-34(28-13-9-7-10-14-28)25-36(42-38)30-15-11-8-12-16-30/h7-27,43H,1-6H3/b38-27-. The molecule has 2 heteroatoms. The summed E-state index contributed by atoms with van der Waals surface area (Å²) in [6, 6.07) is 41.2. The van der Waals surface area contributed by atoms with E-state index in [4.69, 9.17) is 4.99 Å². The van der Waals surface area contributed by atoms with Crippen LogP contribution in [0, 0.1) is 0 Å². The first-order chi connectivity index (χ1) is 20.6. The van der Waals surface area contributed by atoms with Crippen LogP contribution in [0.5, 0.6) is 0 Å². The van der Waals surface area contributed by atoms with Gasteiger partial charge >= 0.3 is 0 Å². The molecule has 6 rings (SSSR count). The minimum atomic E-state index is 0.100. The molecule has 0 bridgehead atoms. The maximum absolute atomic E-state index is 5.18. The van der Waals surface area contributed by atoms with Gasteiger partial charge in [0, 0.05) is 28.1 Å². The molecule has 214 valence electrons. The zero-order valence-electron chi connectivity index (χ0n) is 26.1. The predicted octanol–water partition coefficient (Wildman–Crippen LogP) is 10.9. The highest BCUT2D eigenvalue weighted by Gasteiger charge is 2.20. The van der Waals surface area contributed by atoms with E-state index < -0.39 is 0 Å². The van der Waals surface area contributed by atoms with Crippen LogP contribution in [0.25, 0.3) is 34.0 Å². The highest BCUT2D eigenvalue weighted by molar-refractivity contribution is 6.18. The summed E-state index contributed by atoms with van der Waals surface area (Å²) in [6.07, 6.45) is 4.43. The van der Waals surface area contributed by atoms with Crippen molar-refractivity contribution < 1.29 is 0 Å². The zero-order valence-corrected chi connectivity index (χ0v) is 26.1. The first-order valence-electron chi connectivity index (χ1n) is 15.1. The fourth-order valence-electron chi connectivity index (χ4n) is 5.56. The van der Waals surface area contributed by atoms with Gasteiger partial charge in [0.2, 0.25) is 0 Å². The van der Waals surface area contributed by atoms with Crippen LogP contribution in [0.1, 0.15) is 69.5 Å². The Labute approximate surface area is 256 Å². The average molecular weight is 561 g/mol. The number of allylic oxidation sites excluding steroid dienone is 2. The Bertz CT molecular complexity index is 1820. The second-order valence-electron chi connectivity index (χ2n) is 13.5. The van der Waals surface area contributed by atoms with Gasteiger partial charge in [-0.25, -0.2) is 4.99 Å². The van der Waals surface area contributed by atoms with Crippen LogP contribution in [0.2, 0.25) is 0 Å². The number of nitrogens with one attached hydrogen (secondary N) is 1. The van der Waals surface area contributed by atoms with Crippen LogP contribution in [-0.4, -0.2) is 10.7 Å². The first kappa shape index (κ1) is 28.4. The SMILES string of the molecule is CC(C)(C)c1ccc(-c2cc(-c3ccc(C(C)(C)C)cc3)c(/C=C3\N=C(c4ccccc4)C=C3c3ccccc3)[nH]2)cc1. The molecule has 1 aliphatic heterocycles. The molecule has 1 aromatic heterocycles. The quantitative estimate of drug-likeness (QED) is 0.221. The van der Waals surface area contributed by atoms with Crippen LogP contribution in [0.15, 0.2) is 132 Å². The second-order valence-corrected chi connectivity index (χ2v) is 13.5. The lowest BCUT2D eigenvalue weighted by molar-refractivity contribution is 0.590. The topological polar surface area (TPSA) is 28.1 Å². The van der Waals surface area contributed by atoms with Gasteiger partial charge in [0.1, 0.15) is 0 Å². The third kappa shape index (κ3) is 6.10. The van der Waals surface area contributed by atoms with Crippen molar-refractivity contribution in [3.8, 4) is 22.4 Å². The molecule has 43 heavy (non-hydrogen) atoms. The average Bonchev–Trinajstić information content (AvgIpc) is 3.62. The Hall–Kier alpha value is -4.69. The number of H-pyrrole nitrogens is 1. The van der Waals surface area contributed by atoms with Gasteiger partial charge in [-0.3, -0.25) is 0 Å². The zero-order chi connectivity index (χ0) is 30.2. The molecule has 4 aromatic carbocycles. The molecule has 1 N–H and O–H groups in total. The van der Waals surface area contributed by atoms with Crippen molar-refractivity contribution in [3.05, 3.63) is 155 Å². The Morgan fingerprint density at radius 2 is 1.07 bits per heavy atom. The first-order valence-corrected chi connectivity index (χ1v) is 15.1. The molecule has 0 fully saturated rings. The van der Waals surface area contributed by atoms with Gasteiger partial charge in [0.15, 0.2) is 0 Å². The third-order valence-corrected chi connectivity index (χ3v) is 8.21. The Balaban J connectivity index is 1.49. The maximum Gasteiger partial charge on any atom is 0.0737 e. The van der Waals surface area contributed by atoms with Crippen molar-refractivity contribution in [1.29, 1.82) is 0 Å². The van der Waals surface area contributed by atoms with Crippen molar-refractivity contribution in [3.63, 3.8) is 0 Å². The number of aromatic nitrogens is 1. The monoisotopic (exact) mass is 560 g/mol. The normalized spacial score (nSPS) is 14.6. The summed E-state index contributed by atoms with van der Waals surface area (Å²) in [5.41, 5.74) is 13.9. The van der Waals surface area contributed by atoms with Crippen molar-refractivity contribution in [2.75, 3.05) is 0 Å². The van der Waals surface area contributed by atoms with Crippen LogP contribution < -0.4 is 0 Å². The van der Waals surface area contributed by atoms with E-state index in [1.807, 2.05) is 6.07 Å². The minimum Gasteiger partial charge on any atom is -0.354 e. The minimum absolute atomic E-state index is 0.100. The number of rotatable bonds is 5. The Kier molecular flexibility index (Phi) is 7.40. The van der Waals surface area contributed by atoms with Gasteiger partial charge in [-0.15, -0.1) is 0 Å². The van der Waals surface area contributed by atoms with Crippen LogP contribution in [0.4, 0.5) is 0 Å². The molecule has 1 aliphatic rings. The summed E-state index contributed by atoms with van der Waals surface area (Å²) in [6.45, 7) is 13.5. The molecule has 0 saturated carbocycles. The molecular formula is C41H40N2. The Morgan fingerprint density at radius 3 is 1.60 bits per heavy atom. The number of hydrogen-bond donors (Lipinski definition) is 1. The van der Waals surface area contributed by atoms with E-state index in [0.717, 1.165) is 39.5 Å². The van der Waals surface area contributed by atoms with Gasteiger partial charge in [-0.05, 0) is 56.9 Å². The molecule has 0 unspecified atom stereocenters. The summed E-state index contributed by atoms with van der Waals surface area (Å²) in [7, 11) is 0.